The lowest BCUT2D eigenvalue weighted by Gasteiger charge is -2.31. The Morgan fingerprint density at radius 1 is 1.24 bits per heavy atom. The summed E-state index contributed by atoms with van der Waals surface area (Å²) in [6.07, 6.45) is -0.143. The molecule has 0 aromatic heterocycles. The molecule has 0 spiro atoms. The van der Waals surface area contributed by atoms with Gasteiger partial charge in [0.05, 0.1) is 13.2 Å². The van der Waals surface area contributed by atoms with Crippen molar-refractivity contribution in [3.05, 3.63) is 65.2 Å². The molecule has 1 heterocycles. The van der Waals surface area contributed by atoms with Crippen LogP contribution in [0.25, 0.3) is 0 Å². The SMILES string of the molecule is CCC(=O)c1cc(F)c(OCC2CN(CC#Cc3ccccc3)CCO2)c(F)c1. The second kappa shape index (κ2) is 10.1. The molecule has 0 saturated carbocycles. The number of benzene rings is 2. The molecule has 152 valence electrons. The van der Waals surface area contributed by atoms with Crippen molar-refractivity contribution in [1.29, 1.82) is 0 Å². The first-order chi connectivity index (χ1) is 14.1. The maximum Gasteiger partial charge on any atom is 0.190 e. The van der Waals surface area contributed by atoms with E-state index in [4.69, 9.17) is 9.47 Å². The van der Waals surface area contributed by atoms with Crippen molar-refractivity contribution in [2.75, 3.05) is 32.8 Å². The molecule has 1 aliphatic rings. The number of ketones is 1. The van der Waals surface area contributed by atoms with Gasteiger partial charge in [0.15, 0.2) is 23.2 Å². The van der Waals surface area contributed by atoms with Crippen LogP contribution in [0.2, 0.25) is 0 Å². The van der Waals surface area contributed by atoms with Crippen LogP contribution in [0.4, 0.5) is 8.78 Å². The highest BCUT2D eigenvalue weighted by atomic mass is 19.1. The second-order valence-electron chi connectivity index (χ2n) is 6.75. The Morgan fingerprint density at radius 2 is 1.97 bits per heavy atom. The molecule has 0 bridgehead atoms. The number of carbonyl (C=O) groups excluding carboxylic acids is 1. The Hall–Kier alpha value is -2.75. The molecular weight excluding hydrogens is 376 g/mol. The number of hydrogen-bond acceptors (Lipinski definition) is 4. The quantitative estimate of drug-likeness (QED) is 0.549. The summed E-state index contributed by atoms with van der Waals surface area (Å²) >= 11 is 0. The highest BCUT2D eigenvalue weighted by molar-refractivity contribution is 5.96. The molecule has 29 heavy (non-hydrogen) atoms. The minimum Gasteiger partial charge on any atom is -0.485 e. The standard InChI is InChI=1S/C23H23F2NO3/c1-2-22(27)18-13-20(24)23(21(25)14-18)29-16-19-15-26(11-12-28-19)10-6-9-17-7-4-3-5-8-17/h3-5,7-8,13-14,19H,2,10-12,15-16H2,1H3. The van der Waals surface area contributed by atoms with E-state index >= 15 is 0 Å². The van der Waals surface area contributed by atoms with Crippen LogP contribution in [0, 0.1) is 23.5 Å². The summed E-state index contributed by atoms with van der Waals surface area (Å²) < 4.78 is 39.3. The lowest BCUT2D eigenvalue weighted by Crippen LogP contribution is -2.45. The van der Waals surface area contributed by atoms with Crippen LogP contribution < -0.4 is 4.74 Å². The Balaban J connectivity index is 1.55. The fraction of sp³-hybridized carbons (Fsp3) is 0.348. The van der Waals surface area contributed by atoms with E-state index in [1.165, 1.54) is 0 Å². The summed E-state index contributed by atoms with van der Waals surface area (Å²) in [4.78, 5) is 13.8. The van der Waals surface area contributed by atoms with Crippen molar-refractivity contribution in [3.63, 3.8) is 0 Å². The highest BCUT2D eigenvalue weighted by Gasteiger charge is 2.22. The van der Waals surface area contributed by atoms with Crippen LogP contribution in [0.15, 0.2) is 42.5 Å². The number of morpholine rings is 1. The second-order valence-corrected chi connectivity index (χ2v) is 6.75. The van der Waals surface area contributed by atoms with Crippen LogP contribution >= 0.6 is 0 Å². The molecule has 2 aromatic carbocycles. The van der Waals surface area contributed by atoms with E-state index in [0.29, 0.717) is 19.7 Å². The normalized spacial score (nSPS) is 16.7. The van der Waals surface area contributed by atoms with Gasteiger partial charge in [-0.05, 0) is 24.3 Å². The Bertz CT molecular complexity index is 882. The van der Waals surface area contributed by atoms with Gasteiger partial charge in [-0.25, -0.2) is 8.78 Å². The van der Waals surface area contributed by atoms with E-state index in [1.807, 2.05) is 30.3 Å². The molecule has 4 nitrogen and oxygen atoms in total. The molecule has 0 amide bonds. The largest absolute Gasteiger partial charge is 0.485 e. The van der Waals surface area contributed by atoms with Gasteiger partial charge in [-0.2, -0.15) is 0 Å². The van der Waals surface area contributed by atoms with Crippen molar-refractivity contribution in [2.24, 2.45) is 0 Å². The van der Waals surface area contributed by atoms with Gasteiger partial charge in [0.2, 0.25) is 0 Å². The van der Waals surface area contributed by atoms with Crippen LogP contribution in [0.3, 0.4) is 0 Å². The average molecular weight is 399 g/mol. The summed E-state index contributed by atoms with van der Waals surface area (Å²) in [5, 5.41) is 0. The number of ether oxygens (including phenoxy) is 2. The van der Waals surface area contributed by atoms with Gasteiger partial charge >= 0.3 is 0 Å². The molecule has 3 rings (SSSR count). The minimum absolute atomic E-state index is 0.00642. The van der Waals surface area contributed by atoms with E-state index in [9.17, 15) is 13.6 Å². The Labute approximate surface area is 169 Å². The lowest BCUT2D eigenvalue weighted by atomic mass is 10.1. The van der Waals surface area contributed by atoms with E-state index in [-0.39, 0.29) is 30.5 Å². The maximum absolute atomic E-state index is 14.2. The average Bonchev–Trinajstić information content (AvgIpc) is 2.73. The number of carbonyl (C=O) groups is 1. The van der Waals surface area contributed by atoms with E-state index < -0.39 is 17.4 Å². The zero-order chi connectivity index (χ0) is 20.6. The number of halogens is 2. The fourth-order valence-electron chi connectivity index (χ4n) is 3.04. The van der Waals surface area contributed by atoms with Crippen molar-refractivity contribution < 1.29 is 23.0 Å². The number of nitrogens with zero attached hydrogens (tertiary/aromatic N) is 1. The lowest BCUT2D eigenvalue weighted by molar-refractivity contribution is -0.0450. The van der Waals surface area contributed by atoms with Crippen molar-refractivity contribution in [3.8, 4) is 17.6 Å². The van der Waals surface area contributed by atoms with Crippen LogP contribution in [-0.4, -0.2) is 49.6 Å². The highest BCUT2D eigenvalue weighted by Crippen LogP contribution is 2.24. The first-order valence-corrected chi connectivity index (χ1v) is 9.59. The molecule has 2 aromatic rings. The van der Waals surface area contributed by atoms with Crippen molar-refractivity contribution >= 4 is 5.78 Å². The number of hydrogen-bond donors (Lipinski definition) is 0. The van der Waals surface area contributed by atoms with E-state index in [0.717, 1.165) is 24.2 Å². The summed E-state index contributed by atoms with van der Waals surface area (Å²) in [5.74, 6) is 3.66. The first-order valence-electron chi connectivity index (χ1n) is 9.59. The van der Waals surface area contributed by atoms with Crippen LogP contribution in [0.1, 0.15) is 29.3 Å². The monoisotopic (exact) mass is 399 g/mol. The minimum atomic E-state index is -0.886. The van der Waals surface area contributed by atoms with Crippen LogP contribution in [-0.2, 0) is 4.74 Å². The zero-order valence-corrected chi connectivity index (χ0v) is 16.3. The Kier molecular flexibility index (Phi) is 7.34. The Morgan fingerprint density at radius 3 is 2.66 bits per heavy atom. The molecule has 1 aliphatic heterocycles. The summed E-state index contributed by atoms with van der Waals surface area (Å²) in [6.45, 7) is 4.01. The third-order valence-electron chi connectivity index (χ3n) is 4.59. The van der Waals surface area contributed by atoms with Crippen molar-refractivity contribution in [2.45, 2.75) is 19.4 Å². The third-order valence-corrected chi connectivity index (χ3v) is 4.59. The molecule has 6 heteroatoms. The molecule has 1 fully saturated rings. The van der Waals surface area contributed by atoms with Gasteiger partial charge in [-0.3, -0.25) is 9.69 Å². The van der Waals surface area contributed by atoms with Gasteiger partial charge in [0, 0.05) is 30.6 Å². The number of rotatable bonds is 6. The fourth-order valence-corrected chi connectivity index (χ4v) is 3.04. The summed E-state index contributed by atoms with van der Waals surface area (Å²) in [6, 6.07) is 11.7. The van der Waals surface area contributed by atoms with Gasteiger partial charge in [0.25, 0.3) is 0 Å². The predicted octanol–water partition coefficient (Wildman–Crippen LogP) is 3.69. The van der Waals surface area contributed by atoms with Gasteiger partial charge in [-0.15, -0.1) is 0 Å². The molecule has 0 N–H and O–H groups in total. The topological polar surface area (TPSA) is 38.8 Å². The van der Waals surface area contributed by atoms with Gasteiger partial charge < -0.3 is 9.47 Å². The summed E-state index contributed by atoms with van der Waals surface area (Å²) in [5.41, 5.74) is 0.962. The number of Topliss-reactive ketones (excluding diaryl/α,β-unsaturated/α-hetero) is 1. The zero-order valence-electron chi connectivity index (χ0n) is 16.3. The van der Waals surface area contributed by atoms with E-state index in [2.05, 4.69) is 16.7 Å². The molecular formula is C23H23F2NO3. The molecule has 1 atom stereocenters. The van der Waals surface area contributed by atoms with Crippen molar-refractivity contribution in [1.82, 2.24) is 4.90 Å². The summed E-state index contributed by atoms with van der Waals surface area (Å²) in [7, 11) is 0. The first kappa shape index (κ1) is 21.0. The molecule has 0 aliphatic carbocycles. The molecule has 1 unspecified atom stereocenters. The maximum atomic E-state index is 14.2. The molecule has 0 radical (unpaired) electrons. The third kappa shape index (κ3) is 5.86. The van der Waals surface area contributed by atoms with Crippen LogP contribution in [0.5, 0.6) is 5.75 Å². The smallest absolute Gasteiger partial charge is 0.190 e. The van der Waals surface area contributed by atoms with Gasteiger partial charge in [0.1, 0.15) is 12.7 Å². The van der Waals surface area contributed by atoms with Gasteiger partial charge in [-0.1, -0.05) is 37.0 Å². The van der Waals surface area contributed by atoms with E-state index in [1.54, 1.807) is 6.92 Å². The predicted molar refractivity (Wildman–Crippen MR) is 106 cm³/mol. The molecule has 1 saturated heterocycles.